The number of thiazole rings is 1. The molecule has 1 aromatic rings. The number of rotatable bonds is 6. The van der Waals surface area contributed by atoms with Gasteiger partial charge in [-0.05, 0) is 32.2 Å². The molecule has 2 atom stereocenters. The lowest BCUT2D eigenvalue weighted by molar-refractivity contribution is 0.181. The zero-order valence-electron chi connectivity index (χ0n) is 13.1. The first kappa shape index (κ1) is 15.7. The van der Waals surface area contributed by atoms with Gasteiger partial charge in [0.25, 0.3) is 0 Å². The van der Waals surface area contributed by atoms with E-state index in [-0.39, 0.29) is 0 Å². The van der Waals surface area contributed by atoms with Crippen LogP contribution in [0.3, 0.4) is 0 Å². The van der Waals surface area contributed by atoms with Crippen LogP contribution in [0.15, 0.2) is 0 Å². The van der Waals surface area contributed by atoms with Crippen LogP contribution in [0.1, 0.15) is 44.2 Å². The quantitative estimate of drug-likeness (QED) is 0.876. The molecule has 1 N–H and O–H groups in total. The Morgan fingerprint density at radius 2 is 2.25 bits per heavy atom. The van der Waals surface area contributed by atoms with Gasteiger partial charge in [-0.25, -0.2) is 4.98 Å². The SMILES string of the molecule is CCNCc1sc(N2CCC(C)CC2C)nc1COC. The molecular formula is C15H27N3OS. The molecule has 1 aromatic heterocycles. The molecule has 0 amide bonds. The number of hydrogen-bond donors (Lipinski definition) is 1. The maximum atomic E-state index is 5.29. The zero-order valence-corrected chi connectivity index (χ0v) is 13.9. The van der Waals surface area contributed by atoms with Crippen LogP contribution in [0.4, 0.5) is 5.13 Å². The Hall–Kier alpha value is -0.650. The van der Waals surface area contributed by atoms with E-state index in [4.69, 9.17) is 9.72 Å². The standard InChI is InChI=1S/C15H27N3OS/c1-5-16-9-14-13(10-19-4)17-15(20-14)18-7-6-11(2)8-12(18)3/h11-12,16H,5-10H2,1-4H3. The van der Waals surface area contributed by atoms with Gasteiger partial charge in [0.05, 0.1) is 12.3 Å². The van der Waals surface area contributed by atoms with Crippen molar-refractivity contribution in [3.05, 3.63) is 10.6 Å². The summed E-state index contributed by atoms with van der Waals surface area (Å²) < 4.78 is 5.29. The van der Waals surface area contributed by atoms with E-state index >= 15 is 0 Å². The zero-order chi connectivity index (χ0) is 14.5. The van der Waals surface area contributed by atoms with Crippen molar-refractivity contribution in [3.8, 4) is 0 Å². The van der Waals surface area contributed by atoms with E-state index < -0.39 is 0 Å². The van der Waals surface area contributed by atoms with Gasteiger partial charge in [0.15, 0.2) is 5.13 Å². The summed E-state index contributed by atoms with van der Waals surface area (Å²) in [5.41, 5.74) is 1.10. The van der Waals surface area contributed by atoms with E-state index in [0.29, 0.717) is 12.6 Å². The number of anilines is 1. The summed E-state index contributed by atoms with van der Waals surface area (Å²) in [7, 11) is 1.74. The molecule has 1 aliphatic heterocycles. The maximum Gasteiger partial charge on any atom is 0.186 e. The van der Waals surface area contributed by atoms with E-state index in [1.54, 1.807) is 7.11 Å². The Labute approximate surface area is 126 Å². The normalized spacial score (nSPS) is 23.3. The highest BCUT2D eigenvalue weighted by molar-refractivity contribution is 7.15. The smallest absolute Gasteiger partial charge is 0.186 e. The second-order valence-corrected chi connectivity index (χ2v) is 6.81. The minimum absolute atomic E-state index is 0.590. The van der Waals surface area contributed by atoms with E-state index in [1.807, 2.05) is 11.3 Å². The topological polar surface area (TPSA) is 37.4 Å². The molecular weight excluding hydrogens is 270 g/mol. The average molecular weight is 297 g/mol. The van der Waals surface area contributed by atoms with Gasteiger partial charge in [0, 0.05) is 31.1 Å². The van der Waals surface area contributed by atoms with Crippen LogP contribution in [-0.4, -0.2) is 31.2 Å². The highest BCUT2D eigenvalue weighted by Crippen LogP contribution is 2.33. The number of piperidine rings is 1. The van der Waals surface area contributed by atoms with Crippen molar-refractivity contribution in [3.63, 3.8) is 0 Å². The summed E-state index contributed by atoms with van der Waals surface area (Å²) in [6, 6.07) is 0.590. The molecule has 2 rings (SSSR count). The fourth-order valence-corrected chi connectivity index (χ4v) is 3.97. The van der Waals surface area contributed by atoms with Gasteiger partial charge < -0.3 is 15.0 Å². The van der Waals surface area contributed by atoms with E-state index in [2.05, 4.69) is 31.0 Å². The lowest BCUT2D eigenvalue weighted by Crippen LogP contribution is -2.40. The first-order valence-corrected chi connectivity index (χ1v) is 8.42. The van der Waals surface area contributed by atoms with Crippen molar-refractivity contribution in [2.45, 2.75) is 52.8 Å². The Morgan fingerprint density at radius 1 is 1.45 bits per heavy atom. The molecule has 20 heavy (non-hydrogen) atoms. The predicted octanol–water partition coefficient (Wildman–Crippen LogP) is 3.02. The minimum atomic E-state index is 0.590. The van der Waals surface area contributed by atoms with Crippen molar-refractivity contribution in [1.82, 2.24) is 10.3 Å². The predicted molar refractivity (Wildman–Crippen MR) is 85.4 cm³/mol. The molecule has 1 aliphatic rings. The van der Waals surface area contributed by atoms with Gasteiger partial charge >= 0.3 is 0 Å². The van der Waals surface area contributed by atoms with E-state index in [0.717, 1.165) is 31.2 Å². The van der Waals surface area contributed by atoms with Gasteiger partial charge in [0.2, 0.25) is 0 Å². The van der Waals surface area contributed by atoms with Crippen molar-refractivity contribution >= 4 is 16.5 Å². The number of nitrogens with one attached hydrogen (secondary N) is 1. The number of aromatic nitrogens is 1. The third-order valence-corrected chi connectivity index (χ3v) is 5.10. The number of ether oxygens (including phenoxy) is 1. The molecule has 0 aliphatic carbocycles. The first-order valence-electron chi connectivity index (χ1n) is 7.60. The molecule has 0 radical (unpaired) electrons. The van der Waals surface area contributed by atoms with Crippen molar-refractivity contribution < 1.29 is 4.74 Å². The maximum absolute atomic E-state index is 5.29. The van der Waals surface area contributed by atoms with Crippen LogP contribution < -0.4 is 10.2 Å². The fourth-order valence-electron chi connectivity index (χ4n) is 2.81. The second kappa shape index (κ2) is 7.38. The Balaban J connectivity index is 2.14. The van der Waals surface area contributed by atoms with Crippen LogP contribution in [-0.2, 0) is 17.9 Å². The van der Waals surface area contributed by atoms with Crippen molar-refractivity contribution in [2.75, 3.05) is 25.1 Å². The van der Waals surface area contributed by atoms with Gasteiger partial charge in [-0.3, -0.25) is 0 Å². The Kier molecular flexibility index (Phi) is 5.81. The number of methoxy groups -OCH3 is 1. The number of hydrogen-bond acceptors (Lipinski definition) is 5. The van der Waals surface area contributed by atoms with Gasteiger partial charge in [-0.2, -0.15) is 0 Å². The van der Waals surface area contributed by atoms with Gasteiger partial charge in [-0.1, -0.05) is 13.8 Å². The molecule has 5 heteroatoms. The van der Waals surface area contributed by atoms with Crippen LogP contribution in [0.2, 0.25) is 0 Å². The highest BCUT2D eigenvalue weighted by Gasteiger charge is 2.26. The second-order valence-electron chi connectivity index (χ2n) is 5.75. The minimum Gasteiger partial charge on any atom is -0.378 e. The Morgan fingerprint density at radius 3 is 2.90 bits per heavy atom. The fraction of sp³-hybridized carbons (Fsp3) is 0.800. The lowest BCUT2D eigenvalue weighted by atomic mass is 9.94. The molecule has 0 spiro atoms. The third kappa shape index (κ3) is 3.71. The molecule has 0 bridgehead atoms. The van der Waals surface area contributed by atoms with E-state index in [1.165, 1.54) is 22.9 Å². The largest absolute Gasteiger partial charge is 0.378 e. The molecule has 0 saturated carbocycles. The van der Waals surface area contributed by atoms with Crippen LogP contribution >= 0.6 is 11.3 Å². The van der Waals surface area contributed by atoms with Gasteiger partial charge in [0.1, 0.15) is 0 Å². The molecule has 2 heterocycles. The molecule has 1 fully saturated rings. The molecule has 0 aromatic carbocycles. The van der Waals surface area contributed by atoms with Crippen LogP contribution in [0, 0.1) is 5.92 Å². The summed E-state index contributed by atoms with van der Waals surface area (Å²) in [6.07, 6.45) is 2.54. The molecule has 2 unspecified atom stereocenters. The summed E-state index contributed by atoms with van der Waals surface area (Å²) in [5, 5.41) is 4.56. The van der Waals surface area contributed by atoms with Gasteiger partial charge in [-0.15, -0.1) is 11.3 Å². The molecule has 4 nitrogen and oxygen atoms in total. The summed E-state index contributed by atoms with van der Waals surface area (Å²) in [6.45, 7) is 10.4. The highest BCUT2D eigenvalue weighted by atomic mass is 32.1. The molecule has 114 valence electrons. The monoisotopic (exact) mass is 297 g/mol. The van der Waals surface area contributed by atoms with Crippen molar-refractivity contribution in [2.24, 2.45) is 5.92 Å². The third-order valence-electron chi connectivity index (χ3n) is 3.97. The van der Waals surface area contributed by atoms with Crippen molar-refractivity contribution in [1.29, 1.82) is 0 Å². The summed E-state index contributed by atoms with van der Waals surface area (Å²) >= 11 is 1.82. The lowest BCUT2D eigenvalue weighted by Gasteiger charge is -2.36. The van der Waals surface area contributed by atoms with Crippen LogP contribution in [0.25, 0.3) is 0 Å². The first-order chi connectivity index (χ1) is 9.65. The Bertz CT molecular complexity index is 421. The number of nitrogens with zero attached hydrogens (tertiary/aromatic N) is 2. The molecule has 1 saturated heterocycles. The summed E-state index contributed by atoms with van der Waals surface area (Å²) in [4.78, 5) is 8.62. The van der Waals surface area contributed by atoms with Crippen LogP contribution in [0.5, 0.6) is 0 Å². The van der Waals surface area contributed by atoms with E-state index in [9.17, 15) is 0 Å². The summed E-state index contributed by atoms with van der Waals surface area (Å²) in [5.74, 6) is 0.834. The average Bonchev–Trinajstić information content (AvgIpc) is 2.80.